The van der Waals surface area contributed by atoms with Crippen LogP contribution in [0.3, 0.4) is 0 Å². The molecule has 0 N–H and O–H groups in total. The molecule has 0 aliphatic rings. The van der Waals surface area contributed by atoms with Gasteiger partial charge in [-0.25, -0.2) is 0 Å². The lowest BCUT2D eigenvalue weighted by Crippen LogP contribution is -1.88. The predicted molar refractivity (Wildman–Crippen MR) is 94.7 cm³/mol. The Morgan fingerprint density at radius 1 is 0.778 bits per heavy atom. The first-order valence-electron chi connectivity index (χ1n) is 7.26. The van der Waals surface area contributed by atoms with Crippen LogP contribution in [0.25, 0.3) is 0 Å². The SMILES string of the molecule is CCCCCCCCCCCCCOP(=S)(S)S. The highest BCUT2D eigenvalue weighted by molar-refractivity contribution is 8.90. The van der Waals surface area contributed by atoms with Gasteiger partial charge in [-0.05, 0) is 18.2 Å². The van der Waals surface area contributed by atoms with Gasteiger partial charge in [0.05, 0.1) is 6.61 Å². The molecule has 0 radical (unpaired) electrons. The number of hydrogen-bond acceptors (Lipinski definition) is 2. The molecule has 0 aromatic heterocycles. The summed E-state index contributed by atoms with van der Waals surface area (Å²) in [4.78, 5) is 0. The summed E-state index contributed by atoms with van der Waals surface area (Å²) in [5.41, 5.74) is 0. The summed E-state index contributed by atoms with van der Waals surface area (Å²) in [5, 5.41) is 0. The van der Waals surface area contributed by atoms with Crippen LogP contribution in [0.15, 0.2) is 0 Å². The standard InChI is InChI=1S/C13H29OPS3/c1-2-3-4-5-6-7-8-9-10-11-12-13-14-15(16,17)18/h2-13H2,1H3,(H2,16,17,18). The summed E-state index contributed by atoms with van der Waals surface area (Å²) >= 11 is 13.2. The summed E-state index contributed by atoms with van der Waals surface area (Å²) in [6.07, 6.45) is 14.8. The van der Waals surface area contributed by atoms with Crippen LogP contribution in [-0.2, 0) is 16.3 Å². The lowest BCUT2D eigenvalue weighted by atomic mass is 10.1. The summed E-state index contributed by atoms with van der Waals surface area (Å²) in [7, 11) is 0. The van der Waals surface area contributed by atoms with Gasteiger partial charge in [0.25, 0.3) is 0 Å². The lowest BCUT2D eigenvalue weighted by molar-refractivity contribution is 0.347. The molecule has 110 valence electrons. The second-order valence-corrected chi connectivity index (χ2v) is 13.6. The third-order valence-electron chi connectivity index (χ3n) is 3.01. The second kappa shape index (κ2) is 13.3. The third kappa shape index (κ3) is 17.3. The molecule has 0 amide bonds. The van der Waals surface area contributed by atoms with E-state index in [9.17, 15) is 0 Å². The Bertz CT molecular complexity index is 218. The average Bonchev–Trinajstić information content (AvgIpc) is 2.29. The van der Waals surface area contributed by atoms with Gasteiger partial charge in [-0.15, -0.1) is 24.5 Å². The molecule has 0 fully saturated rings. The number of hydrogen-bond donors (Lipinski definition) is 2. The molecule has 5 heteroatoms. The highest BCUT2D eigenvalue weighted by Gasteiger charge is 2.02. The van der Waals surface area contributed by atoms with Gasteiger partial charge in [-0.2, -0.15) is 0 Å². The maximum Gasteiger partial charge on any atom is 0.168 e. The Kier molecular flexibility index (Phi) is 14.3. The van der Waals surface area contributed by atoms with Crippen molar-refractivity contribution in [2.45, 2.75) is 77.6 Å². The number of thiol groups is 2. The molecule has 0 heterocycles. The van der Waals surface area contributed by atoms with Gasteiger partial charge in [0.2, 0.25) is 0 Å². The molecule has 0 unspecified atom stereocenters. The van der Waals surface area contributed by atoms with Crippen molar-refractivity contribution in [2.24, 2.45) is 0 Å². The molecule has 0 bridgehead atoms. The largest absolute Gasteiger partial charge is 0.334 e. The van der Waals surface area contributed by atoms with E-state index >= 15 is 0 Å². The van der Waals surface area contributed by atoms with E-state index in [4.69, 9.17) is 16.3 Å². The van der Waals surface area contributed by atoms with Crippen LogP contribution in [0.5, 0.6) is 0 Å². The molecular formula is C13H29OPS3. The molecule has 0 aromatic carbocycles. The number of unbranched alkanes of at least 4 members (excludes halogenated alkanes) is 10. The quantitative estimate of drug-likeness (QED) is 0.230. The number of rotatable bonds is 13. The van der Waals surface area contributed by atoms with E-state index in [1.165, 1.54) is 64.2 Å². The summed E-state index contributed by atoms with van der Waals surface area (Å²) in [5.74, 6) is 0. The van der Waals surface area contributed by atoms with Gasteiger partial charge in [-0.1, -0.05) is 71.1 Å². The van der Waals surface area contributed by atoms with Gasteiger partial charge < -0.3 is 4.52 Å². The van der Waals surface area contributed by atoms with Crippen LogP contribution in [0.2, 0.25) is 0 Å². The molecule has 0 aliphatic heterocycles. The van der Waals surface area contributed by atoms with E-state index in [1.54, 1.807) is 0 Å². The Labute approximate surface area is 129 Å². The first kappa shape index (κ1) is 19.3. The molecule has 0 spiro atoms. The molecule has 1 nitrogen and oxygen atoms in total. The molecule has 0 saturated carbocycles. The molecule has 0 aliphatic carbocycles. The van der Waals surface area contributed by atoms with Crippen LogP contribution in [0.1, 0.15) is 77.6 Å². The predicted octanol–water partition coefficient (Wildman–Crippen LogP) is 6.40. The van der Waals surface area contributed by atoms with E-state index in [-0.39, 0.29) is 0 Å². The molecule has 0 rings (SSSR count). The fourth-order valence-electron chi connectivity index (χ4n) is 1.95. The van der Waals surface area contributed by atoms with E-state index in [0.717, 1.165) is 13.0 Å². The van der Waals surface area contributed by atoms with E-state index < -0.39 is 4.67 Å². The highest BCUT2D eigenvalue weighted by atomic mass is 33.2. The minimum atomic E-state index is -2.02. The smallest absolute Gasteiger partial charge is 0.168 e. The first-order valence-corrected chi connectivity index (χ1v) is 12.3. The molecular weight excluding hydrogens is 299 g/mol. The fourth-order valence-corrected chi connectivity index (χ4v) is 3.03. The van der Waals surface area contributed by atoms with Gasteiger partial charge >= 0.3 is 0 Å². The van der Waals surface area contributed by atoms with Gasteiger partial charge in [-0.3, -0.25) is 0 Å². The normalized spacial score (nSPS) is 11.9. The summed E-state index contributed by atoms with van der Waals surface area (Å²) in [6.45, 7) is 2.99. The van der Waals surface area contributed by atoms with Crippen molar-refractivity contribution in [1.29, 1.82) is 0 Å². The molecule has 18 heavy (non-hydrogen) atoms. The first-order chi connectivity index (χ1) is 8.56. The second-order valence-electron chi connectivity index (χ2n) is 4.86. The van der Waals surface area contributed by atoms with E-state index in [1.807, 2.05) is 0 Å². The van der Waals surface area contributed by atoms with Crippen molar-refractivity contribution in [2.75, 3.05) is 6.61 Å². The van der Waals surface area contributed by atoms with Crippen LogP contribution >= 0.6 is 29.2 Å². The Balaban J connectivity index is 3.01. The van der Waals surface area contributed by atoms with Crippen molar-refractivity contribution in [3.63, 3.8) is 0 Å². The van der Waals surface area contributed by atoms with Crippen molar-refractivity contribution < 1.29 is 4.52 Å². The highest BCUT2D eigenvalue weighted by Crippen LogP contribution is 2.56. The Morgan fingerprint density at radius 2 is 1.17 bits per heavy atom. The Hall–Kier alpha value is 1.31. The zero-order chi connectivity index (χ0) is 13.7. The fraction of sp³-hybridized carbons (Fsp3) is 1.00. The zero-order valence-corrected chi connectivity index (χ0v) is 15.1. The summed E-state index contributed by atoms with van der Waals surface area (Å²) in [6, 6.07) is 0. The minimum Gasteiger partial charge on any atom is -0.334 e. The summed E-state index contributed by atoms with van der Waals surface area (Å²) < 4.78 is 3.34. The minimum absolute atomic E-state index is 0.724. The topological polar surface area (TPSA) is 9.23 Å². The third-order valence-corrected chi connectivity index (χ3v) is 4.54. The Morgan fingerprint density at radius 3 is 1.56 bits per heavy atom. The van der Waals surface area contributed by atoms with Crippen molar-refractivity contribution >= 4 is 41.0 Å². The zero-order valence-electron chi connectivity index (χ0n) is 11.6. The van der Waals surface area contributed by atoms with E-state index in [2.05, 4.69) is 31.4 Å². The van der Waals surface area contributed by atoms with Crippen molar-refractivity contribution in [1.82, 2.24) is 0 Å². The van der Waals surface area contributed by atoms with Crippen molar-refractivity contribution in [3.8, 4) is 0 Å². The van der Waals surface area contributed by atoms with Gasteiger partial charge in [0.1, 0.15) is 0 Å². The lowest BCUT2D eigenvalue weighted by Gasteiger charge is -2.09. The average molecular weight is 329 g/mol. The van der Waals surface area contributed by atoms with Crippen molar-refractivity contribution in [3.05, 3.63) is 0 Å². The van der Waals surface area contributed by atoms with Crippen LogP contribution in [0, 0.1) is 0 Å². The van der Waals surface area contributed by atoms with Crippen LogP contribution < -0.4 is 0 Å². The maximum absolute atomic E-state index is 5.37. The molecule has 0 atom stereocenters. The van der Waals surface area contributed by atoms with Gasteiger partial charge in [0.15, 0.2) is 4.67 Å². The van der Waals surface area contributed by atoms with Gasteiger partial charge in [0, 0.05) is 0 Å². The van der Waals surface area contributed by atoms with Crippen LogP contribution in [0.4, 0.5) is 0 Å². The van der Waals surface area contributed by atoms with E-state index in [0.29, 0.717) is 0 Å². The molecule has 0 aromatic rings. The van der Waals surface area contributed by atoms with Crippen LogP contribution in [-0.4, -0.2) is 6.61 Å². The maximum atomic E-state index is 5.37. The molecule has 0 saturated heterocycles. The monoisotopic (exact) mass is 328 g/mol.